The van der Waals surface area contributed by atoms with Crippen molar-refractivity contribution in [3.05, 3.63) is 0 Å². The Morgan fingerprint density at radius 3 is 2.20 bits per heavy atom. The van der Waals surface area contributed by atoms with E-state index in [1.54, 1.807) is 0 Å². The summed E-state index contributed by atoms with van der Waals surface area (Å²) in [6, 6.07) is 0. The van der Waals surface area contributed by atoms with E-state index in [9.17, 15) is 4.79 Å². The first-order valence-corrected chi connectivity index (χ1v) is 3.03. The highest BCUT2D eigenvalue weighted by Crippen LogP contribution is 2.14. The Hall–Kier alpha value is -0.280. The quantitative estimate of drug-likeness (QED) is 0.570. The Morgan fingerprint density at radius 1 is 1.60 bits per heavy atom. The lowest BCUT2D eigenvalue weighted by Crippen LogP contribution is -2.59. The fraction of sp³-hybridized carbons (Fsp3) is 0.833. The van der Waals surface area contributed by atoms with Crippen LogP contribution in [0, 0.1) is 0 Å². The molecule has 1 fully saturated rings. The Bertz CT molecular complexity index is 134. The van der Waals surface area contributed by atoms with Gasteiger partial charge < -0.3 is 10.1 Å². The van der Waals surface area contributed by atoms with Gasteiger partial charge in [-0.2, -0.15) is 0 Å². The molecule has 0 bridgehead atoms. The molecule has 0 atom stereocenters. The molecule has 1 aliphatic rings. The molecule has 0 spiro atoms. The average Bonchev–Trinajstić information content (AvgIpc) is 1.60. The maximum atomic E-state index is 10.4. The number of carbonyl (C=O) groups is 1. The standard InChI is InChI=1S/C6H11NO2.ClH/c1-5(8)9-6(2)3-7-4-6;/h7H,3-4H2,1-2H3;1H. The molecule has 0 aromatic rings. The van der Waals surface area contributed by atoms with Gasteiger partial charge in [-0.25, -0.2) is 0 Å². The third-order valence-corrected chi connectivity index (χ3v) is 1.39. The second kappa shape index (κ2) is 3.21. The molecule has 0 aliphatic carbocycles. The third kappa shape index (κ3) is 2.15. The lowest BCUT2D eigenvalue weighted by Gasteiger charge is -2.37. The van der Waals surface area contributed by atoms with Crippen molar-refractivity contribution in [2.75, 3.05) is 13.1 Å². The summed E-state index contributed by atoms with van der Waals surface area (Å²) in [5, 5.41) is 3.03. The van der Waals surface area contributed by atoms with Gasteiger partial charge in [0.25, 0.3) is 0 Å². The minimum Gasteiger partial charge on any atom is -0.457 e. The van der Waals surface area contributed by atoms with E-state index >= 15 is 0 Å². The van der Waals surface area contributed by atoms with Gasteiger partial charge in [-0.1, -0.05) is 0 Å². The van der Waals surface area contributed by atoms with Crippen LogP contribution in [0.25, 0.3) is 0 Å². The van der Waals surface area contributed by atoms with Crippen LogP contribution in [0.15, 0.2) is 0 Å². The van der Waals surface area contributed by atoms with Gasteiger partial charge in [0.05, 0.1) is 0 Å². The molecule has 0 radical (unpaired) electrons. The first-order valence-electron chi connectivity index (χ1n) is 3.03. The molecule has 0 amide bonds. The van der Waals surface area contributed by atoms with E-state index in [0.29, 0.717) is 0 Å². The normalized spacial score (nSPS) is 20.2. The van der Waals surface area contributed by atoms with Crippen molar-refractivity contribution in [1.29, 1.82) is 0 Å². The van der Waals surface area contributed by atoms with E-state index in [1.165, 1.54) is 6.92 Å². The van der Waals surface area contributed by atoms with Crippen molar-refractivity contribution in [1.82, 2.24) is 5.32 Å². The molecule has 1 aliphatic heterocycles. The lowest BCUT2D eigenvalue weighted by molar-refractivity contribution is -0.159. The summed E-state index contributed by atoms with van der Waals surface area (Å²) in [6.07, 6.45) is 0. The number of carbonyl (C=O) groups excluding carboxylic acids is 1. The average molecular weight is 166 g/mol. The van der Waals surface area contributed by atoms with Gasteiger partial charge >= 0.3 is 5.97 Å². The first-order chi connectivity index (χ1) is 4.12. The van der Waals surface area contributed by atoms with Crippen molar-refractivity contribution in [2.45, 2.75) is 19.4 Å². The maximum Gasteiger partial charge on any atom is 0.303 e. The van der Waals surface area contributed by atoms with Crippen LogP contribution in [0.2, 0.25) is 0 Å². The van der Waals surface area contributed by atoms with Crippen LogP contribution in [-0.2, 0) is 9.53 Å². The van der Waals surface area contributed by atoms with Gasteiger partial charge in [0, 0.05) is 20.0 Å². The number of hydrogen-bond acceptors (Lipinski definition) is 3. The Balaban J connectivity index is 0.000000810. The van der Waals surface area contributed by atoms with Gasteiger partial charge in [0.2, 0.25) is 0 Å². The number of halogens is 1. The largest absolute Gasteiger partial charge is 0.457 e. The highest BCUT2D eigenvalue weighted by atomic mass is 35.5. The SMILES string of the molecule is CC(=O)OC1(C)CNC1.Cl. The third-order valence-electron chi connectivity index (χ3n) is 1.39. The molecular weight excluding hydrogens is 154 g/mol. The minimum absolute atomic E-state index is 0. The summed E-state index contributed by atoms with van der Waals surface area (Å²) in [4.78, 5) is 10.4. The second-order valence-corrected chi connectivity index (χ2v) is 2.65. The van der Waals surface area contributed by atoms with Crippen LogP contribution in [-0.4, -0.2) is 24.7 Å². The first kappa shape index (κ1) is 9.72. The van der Waals surface area contributed by atoms with Gasteiger partial charge in [-0.05, 0) is 6.92 Å². The monoisotopic (exact) mass is 165 g/mol. The van der Waals surface area contributed by atoms with E-state index in [0.717, 1.165) is 13.1 Å². The summed E-state index contributed by atoms with van der Waals surface area (Å²) < 4.78 is 4.97. The molecule has 1 heterocycles. The summed E-state index contributed by atoms with van der Waals surface area (Å²) in [5.41, 5.74) is -0.216. The molecule has 10 heavy (non-hydrogen) atoms. The fourth-order valence-electron chi connectivity index (χ4n) is 0.896. The van der Waals surface area contributed by atoms with E-state index in [2.05, 4.69) is 5.32 Å². The molecule has 0 aromatic carbocycles. The van der Waals surface area contributed by atoms with Gasteiger partial charge in [0.1, 0.15) is 5.60 Å². The van der Waals surface area contributed by atoms with Crippen LogP contribution >= 0.6 is 12.4 Å². The summed E-state index contributed by atoms with van der Waals surface area (Å²) in [7, 11) is 0. The number of hydrogen-bond donors (Lipinski definition) is 1. The zero-order chi connectivity index (χ0) is 6.91. The molecule has 0 saturated carbocycles. The topological polar surface area (TPSA) is 38.3 Å². The Kier molecular flexibility index (Phi) is 3.12. The smallest absolute Gasteiger partial charge is 0.303 e. The van der Waals surface area contributed by atoms with Crippen molar-refractivity contribution in [2.24, 2.45) is 0 Å². The van der Waals surface area contributed by atoms with Gasteiger partial charge in [-0.3, -0.25) is 4.79 Å². The number of rotatable bonds is 1. The van der Waals surface area contributed by atoms with E-state index in [-0.39, 0.29) is 24.0 Å². The molecule has 4 heteroatoms. The van der Waals surface area contributed by atoms with Crippen LogP contribution in [0.1, 0.15) is 13.8 Å². The summed E-state index contributed by atoms with van der Waals surface area (Å²) in [5.74, 6) is -0.195. The highest BCUT2D eigenvalue weighted by Gasteiger charge is 2.34. The zero-order valence-electron chi connectivity index (χ0n) is 6.14. The molecule has 0 aromatic heterocycles. The number of nitrogens with one attached hydrogen (secondary N) is 1. The van der Waals surface area contributed by atoms with Crippen molar-refractivity contribution in [3.63, 3.8) is 0 Å². The number of esters is 1. The van der Waals surface area contributed by atoms with Crippen molar-refractivity contribution in [3.8, 4) is 0 Å². The summed E-state index contributed by atoms with van der Waals surface area (Å²) >= 11 is 0. The zero-order valence-corrected chi connectivity index (χ0v) is 6.96. The second-order valence-electron chi connectivity index (χ2n) is 2.65. The highest BCUT2D eigenvalue weighted by molar-refractivity contribution is 5.85. The van der Waals surface area contributed by atoms with Crippen molar-refractivity contribution >= 4 is 18.4 Å². The molecular formula is C6H12ClNO2. The molecule has 1 rings (SSSR count). The number of ether oxygens (including phenoxy) is 1. The molecule has 1 N–H and O–H groups in total. The van der Waals surface area contributed by atoms with Crippen LogP contribution in [0.5, 0.6) is 0 Å². The van der Waals surface area contributed by atoms with E-state index < -0.39 is 0 Å². The maximum absolute atomic E-state index is 10.4. The lowest BCUT2D eigenvalue weighted by atomic mass is 10.0. The van der Waals surface area contributed by atoms with Crippen LogP contribution in [0.3, 0.4) is 0 Å². The molecule has 60 valence electrons. The fourth-order valence-corrected chi connectivity index (χ4v) is 0.896. The van der Waals surface area contributed by atoms with E-state index in [4.69, 9.17) is 4.74 Å². The molecule has 0 unspecified atom stereocenters. The summed E-state index contributed by atoms with van der Waals surface area (Å²) in [6.45, 7) is 4.92. The van der Waals surface area contributed by atoms with Crippen LogP contribution in [0.4, 0.5) is 0 Å². The minimum atomic E-state index is -0.216. The molecule has 3 nitrogen and oxygen atoms in total. The van der Waals surface area contributed by atoms with Gasteiger partial charge in [-0.15, -0.1) is 12.4 Å². The molecule has 1 saturated heterocycles. The Morgan fingerprint density at radius 2 is 2.10 bits per heavy atom. The van der Waals surface area contributed by atoms with Gasteiger partial charge in [0.15, 0.2) is 0 Å². The Labute approximate surface area is 66.5 Å². The van der Waals surface area contributed by atoms with E-state index in [1.807, 2.05) is 6.92 Å². The predicted molar refractivity (Wildman–Crippen MR) is 40.3 cm³/mol. The van der Waals surface area contributed by atoms with Crippen LogP contribution < -0.4 is 5.32 Å². The van der Waals surface area contributed by atoms with Crippen molar-refractivity contribution < 1.29 is 9.53 Å². The predicted octanol–water partition coefficient (Wildman–Crippen LogP) is 0.333.